The second-order valence-electron chi connectivity index (χ2n) is 5.98. The summed E-state index contributed by atoms with van der Waals surface area (Å²) >= 11 is 5.83. The summed E-state index contributed by atoms with van der Waals surface area (Å²) in [6.45, 7) is -0.0362. The second kappa shape index (κ2) is 7.15. The van der Waals surface area contributed by atoms with E-state index in [1.165, 1.54) is 4.90 Å². The van der Waals surface area contributed by atoms with Crippen LogP contribution in [0.15, 0.2) is 34.7 Å². The largest absolute Gasteiger partial charge is 0.433 e. The summed E-state index contributed by atoms with van der Waals surface area (Å²) in [5, 5.41) is 12.8. The molecule has 2 heterocycles. The van der Waals surface area contributed by atoms with Gasteiger partial charge in [0.2, 0.25) is 5.91 Å². The van der Waals surface area contributed by atoms with E-state index in [2.05, 4.69) is 5.32 Å². The van der Waals surface area contributed by atoms with Gasteiger partial charge in [0.1, 0.15) is 4.92 Å². The maximum Gasteiger partial charge on any atom is 0.433 e. The number of benzene rings is 1. The molecule has 0 aliphatic carbocycles. The molecule has 148 valence electrons. The molecule has 0 unspecified atom stereocenters. The van der Waals surface area contributed by atoms with Crippen LogP contribution in [0.25, 0.3) is 0 Å². The molecular formula is C16H11ClF3N3O5. The minimum absolute atomic E-state index is 0.0181. The minimum Gasteiger partial charge on any atom is -0.395 e. The van der Waals surface area contributed by atoms with Crippen molar-refractivity contribution in [3.63, 3.8) is 0 Å². The average Bonchev–Trinajstić information content (AvgIpc) is 3.04. The molecule has 2 amide bonds. The molecule has 1 aliphatic heterocycles. The van der Waals surface area contributed by atoms with E-state index in [1.807, 2.05) is 0 Å². The maximum absolute atomic E-state index is 12.8. The van der Waals surface area contributed by atoms with E-state index in [-0.39, 0.29) is 29.6 Å². The molecule has 8 nitrogen and oxygen atoms in total. The number of nitro groups is 1. The fourth-order valence-electron chi connectivity index (χ4n) is 2.54. The molecule has 1 fully saturated rings. The zero-order chi connectivity index (χ0) is 20.6. The summed E-state index contributed by atoms with van der Waals surface area (Å²) < 4.78 is 43.1. The van der Waals surface area contributed by atoms with Crippen LogP contribution in [-0.4, -0.2) is 34.7 Å². The fourth-order valence-corrected chi connectivity index (χ4v) is 2.70. The number of carbonyl (C=O) groups excluding carboxylic acids is 2. The number of likely N-dealkylation sites (tertiary alicyclic amines) is 1. The molecule has 0 bridgehead atoms. The van der Waals surface area contributed by atoms with Crippen molar-refractivity contribution in [1.29, 1.82) is 0 Å². The van der Waals surface area contributed by atoms with Gasteiger partial charge in [0.15, 0.2) is 5.76 Å². The van der Waals surface area contributed by atoms with E-state index in [0.717, 1.165) is 30.3 Å². The Bertz CT molecular complexity index is 953. The zero-order valence-electron chi connectivity index (χ0n) is 13.8. The Kier molecular flexibility index (Phi) is 5.02. The van der Waals surface area contributed by atoms with Gasteiger partial charge in [-0.05, 0) is 24.3 Å². The molecule has 0 saturated carbocycles. The van der Waals surface area contributed by atoms with E-state index >= 15 is 0 Å². The van der Waals surface area contributed by atoms with Crippen LogP contribution in [0.2, 0.25) is 5.02 Å². The highest BCUT2D eigenvalue weighted by Gasteiger charge is 2.38. The number of furan rings is 1. The first kappa shape index (κ1) is 19.7. The number of amides is 2. The number of halogens is 4. The van der Waals surface area contributed by atoms with Crippen molar-refractivity contribution in [3.05, 3.63) is 56.8 Å². The first-order valence-corrected chi connectivity index (χ1v) is 8.15. The lowest BCUT2D eigenvalue weighted by atomic mass is 9.98. The molecular weight excluding hydrogens is 407 g/mol. The SMILES string of the molecule is O=C(Nc1cc(C(F)(F)F)ccc1Cl)C1CN(C(=O)c2ccc([N+](=O)[O-])o2)C1. The number of rotatable bonds is 4. The monoisotopic (exact) mass is 417 g/mol. The van der Waals surface area contributed by atoms with Crippen molar-refractivity contribution < 1.29 is 32.1 Å². The lowest BCUT2D eigenvalue weighted by Gasteiger charge is -2.37. The highest BCUT2D eigenvalue weighted by atomic mass is 35.5. The van der Waals surface area contributed by atoms with Crippen molar-refractivity contribution >= 4 is 35.0 Å². The molecule has 1 N–H and O–H groups in total. The molecule has 1 saturated heterocycles. The predicted octanol–water partition coefficient (Wildman–Crippen LogP) is 3.57. The van der Waals surface area contributed by atoms with E-state index < -0.39 is 40.3 Å². The Morgan fingerprint density at radius 2 is 1.93 bits per heavy atom. The van der Waals surface area contributed by atoms with Crippen LogP contribution in [0.1, 0.15) is 16.1 Å². The zero-order valence-corrected chi connectivity index (χ0v) is 14.6. The van der Waals surface area contributed by atoms with E-state index in [1.54, 1.807) is 0 Å². The lowest BCUT2D eigenvalue weighted by Crippen LogP contribution is -2.54. The quantitative estimate of drug-likeness (QED) is 0.604. The first-order chi connectivity index (χ1) is 13.1. The number of carbonyl (C=O) groups is 2. The third kappa shape index (κ3) is 3.93. The summed E-state index contributed by atoms with van der Waals surface area (Å²) in [5.41, 5.74) is -1.15. The van der Waals surface area contributed by atoms with Crippen LogP contribution in [0.4, 0.5) is 24.7 Å². The number of anilines is 1. The molecule has 0 atom stereocenters. The molecule has 3 rings (SSSR count). The van der Waals surface area contributed by atoms with Crippen molar-refractivity contribution in [3.8, 4) is 0 Å². The molecule has 1 aromatic carbocycles. The number of nitrogens with one attached hydrogen (secondary N) is 1. The minimum atomic E-state index is -4.59. The van der Waals surface area contributed by atoms with Gasteiger partial charge in [0.25, 0.3) is 5.91 Å². The Morgan fingerprint density at radius 1 is 1.25 bits per heavy atom. The van der Waals surface area contributed by atoms with Gasteiger partial charge in [0, 0.05) is 13.1 Å². The fraction of sp³-hybridized carbons (Fsp3) is 0.250. The summed E-state index contributed by atoms with van der Waals surface area (Å²) in [7, 11) is 0. The molecule has 0 radical (unpaired) electrons. The second-order valence-corrected chi connectivity index (χ2v) is 6.39. The molecule has 1 aromatic heterocycles. The van der Waals surface area contributed by atoms with Crippen LogP contribution in [-0.2, 0) is 11.0 Å². The van der Waals surface area contributed by atoms with Gasteiger partial charge >= 0.3 is 12.1 Å². The normalized spacial score (nSPS) is 14.5. The van der Waals surface area contributed by atoms with Gasteiger partial charge in [-0.2, -0.15) is 13.2 Å². The number of hydrogen-bond donors (Lipinski definition) is 1. The van der Waals surface area contributed by atoms with Crippen LogP contribution in [0, 0.1) is 16.0 Å². The standard InChI is InChI=1S/C16H11ClF3N3O5/c17-10-2-1-9(16(18,19)20)5-11(10)21-14(24)8-6-22(7-8)15(25)12-3-4-13(28-12)23(26)27/h1-5,8H,6-7H2,(H,21,24). The van der Waals surface area contributed by atoms with Crippen LogP contribution in [0.3, 0.4) is 0 Å². The number of nitrogens with zero attached hydrogens (tertiary/aromatic N) is 2. The summed E-state index contributed by atoms with van der Waals surface area (Å²) in [6.07, 6.45) is -4.59. The first-order valence-electron chi connectivity index (χ1n) is 7.77. The van der Waals surface area contributed by atoms with Gasteiger partial charge in [-0.15, -0.1) is 0 Å². The molecule has 0 spiro atoms. The average molecular weight is 418 g/mol. The maximum atomic E-state index is 12.8. The van der Waals surface area contributed by atoms with E-state index in [0.29, 0.717) is 0 Å². The van der Waals surface area contributed by atoms with E-state index in [4.69, 9.17) is 16.0 Å². The van der Waals surface area contributed by atoms with E-state index in [9.17, 15) is 32.9 Å². The highest BCUT2D eigenvalue weighted by Crippen LogP contribution is 2.34. The van der Waals surface area contributed by atoms with Crippen LogP contribution in [0.5, 0.6) is 0 Å². The van der Waals surface area contributed by atoms with Gasteiger partial charge in [-0.3, -0.25) is 19.7 Å². The van der Waals surface area contributed by atoms with Gasteiger partial charge in [0.05, 0.1) is 28.3 Å². The third-order valence-electron chi connectivity index (χ3n) is 4.07. The Labute approximate surface area is 160 Å². The Hall–Kier alpha value is -3.08. The van der Waals surface area contributed by atoms with Crippen molar-refractivity contribution in [2.45, 2.75) is 6.18 Å². The highest BCUT2D eigenvalue weighted by molar-refractivity contribution is 6.33. The molecule has 28 heavy (non-hydrogen) atoms. The van der Waals surface area contributed by atoms with Crippen LogP contribution < -0.4 is 5.32 Å². The number of alkyl halides is 3. The summed E-state index contributed by atoms with van der Waals surface area (Å²) in [5.74, 6) is -2.73. The third-order valence-corrected chi connectivity index (χ3v) is 4.40. The van der Waals surface area contributed by atoms with Crippen molar-refractivity contribution in [2.24, 2.45) is 5.92 Å². The van der Waals surface area contributed by atoms with Crippen molar-refractivity contribution in [1.82, 2.24) is 4.90 Å². The van der Waals surface area contributed by atoms with Crippen LogP contribution >= 0.6 is 11.6 Å². The smallest absolute Gasteiger partial charge is 0.395 e. The molecule has 12 heteroatoms. The van der Waals surface area contributed by atoms with Crippen molar-refractivity contribution in [2.75, 3.05) is 18.4 Å². The van der Waals surface area contributed by atoms with Gasteiger partial charge in [-0.1, -0.05) is 11.6 Å². The summed E-state index contributed by atoms with van der Waals surface area (Å²) in [4.78, 5) is 35.3. The van der Waals surface area contributed by atoms with Gasteiger partial charge in [-0.25, -0.2) is 0 Å². The number of hydrogen-bond acceptors (Lipinski definition) is 5. The predicted molar refractivity (Wildman–Crippen MR) is 89.8 cm³/mol. The molecule has 1 aliphatic rings. The Morgan fingerprint density at radius 3 is 2.50 bits per heavy atom. The van der Waals surface area contributed by atoms with Gasteiger partial charge < -0.3 is 14.6 Å². The topological polar surface area (TPSA) is 106 Å². The molecule has 2 aromatic rings. The summed E-state index contributed by atoms with van der Waals surface area (Å²) in [6, 6.07) is 4.73. The Balaban J connectivity index is 1.61. The lowest BCUT2D eigenvalue weighted by molar-refractivity contribution is -0.402.